The molecule has 1 heterocycles. The summed E-state index contributed by atoms with van der Waals surface area (Å²) in [4.78, 5) is 20.5. The smallest absolute Gasteiger partial charge is 0.270 e. The molecule has 0 saturated carbocycles. The van der Waals surface area contributed by atoms with Crippen molar-refractivity contribution in [3.8, 4) is 0 Å². The summed E-state index contributed by atoms with van der Waals surface area (Å²) in [7, 11) is 0. The molecule has 0 aliphatic rings. The predicted octanol–water partition coefficient (Wildman–Crippen LogP) is 3.19. The second kappa shape index (κ2) is 7.75. The van der Waals surface area contributed by atoms with Crippen molar-refractivity contribution < 1.29 is 4.79 Å². The van der Waals surface area contributed by atoms with Crippen LogP contribution in [0.3, 0.4) is 0 Å². The van der Waals surface area contributed by atoms with Gasteiger partial charge in [0, 0.05) is 23.8 Å². The minimum absolute atomic E-state index is 0.179. The van der Waals surface area contributed by atoms with Crippen LogP contribution in [0.1, 0.15) is 35.1 Å². The van der Waals surface area contributed by atoms with Crippen LogP contribution in [-0.4, -0.2) is 22.4 Å². The number of amides is 1. The van der Waals surface area contributed by atoms with Crippen LogP contribution in [0.5, 0.6) is 0 Å². The molecule has 0 saturated heterocycles. The standard InChI is InChI=1S/C16H19ClN4O/c1-3-8-18-15(22)14-9-11(2)20-16(21-14)19-10-12-4-6-13(17)7-5-12/h4-7,9H,3,8,10H2,1-2H3,(H,18,22)(H,19,20,21). The van der Waals surface area contributed by atoms with Crippen LogP contribution in [0.2, 0.25) is 5.02 Å². The van der Waals surface area contributed by atoms with Gasteiger partial charge in [0.15, 0.2) is 0 Å². The van der Waals surface area contributed by atoms with Gasteiger partial charge in [-0.3, -0.25) is 4.79 Å². The SMILES string of the molecule is CCCNC(=O)c1cc(C)nc(NCc2ccc(Cl)cc2)n1. The molecule has 1 amide bonds. The van der Waals surface area contributed by atoms with E-state index in [2.05, 4.69) is 20.6 Å². The van der Waals surface area contributed by atoms with Gasteiger partial charge in [-0.25, -0.2) is 9.97 Å². The summed E-state index contributed by atoms with van der Waals surface area (Å²) in [5, 5.41) is 6.64. The molecule has 6 heteroatoms. The van der Waals surface area contributed by atoms with E-state index in [-0.39, 0.29) is 5.91 Å². The number of nitrogens with one attached hydrogen (secondary N) is 2. The molecule has 116 valence electrons. The first-order valence-electron chi connectivity index (χ1n) is 7.20. The summed E-state index contributed by atoms with van der Waals surface area (Å²) in [6, 6.07) is 9.21. The fourth-order valence-corrected chi connectivity index (χ4v) is 2.00. The number of carbonyl (C=O) groups excluding carboxylic acids is 1. The highest BCUT2D eigenvalue weighted by molar-refractivity contribution is 6.30. The van der Waals surface area contributed by atoms with Crippen molar-refractivity contribution in [3.63, 3.8) is 0 Å². The van der Waals surface area contributed by atoms with Gasteiger partial charge in [-0.05, 0) is 37.1 Å². The quantitative estimate of drug-likeness (QED) is 0.858. The van der Waals surface area contributed by atoms with Gasteiger partial charge in [-0.2, -0.15) is 0 Å². The van der Waals surface area contributed by atoms with Crippen LogP contribution in [0.15, 0.2) is 30.3 Å². The topological polar surface area (TPSA) is 66.9 Å². The summed E-state index contributed by atoms with van der Waals surface area (Å²) in [6.07, 6.45) is 0.886. The average molecular weight is 319 g/mol. The zero-order chi connectivity index (χ0) is 15.9. The first-order valence-corrected chi connectivity index (χ1v) is 7.58. The van der Waals surface area contributed by atoms with Crippen molar-refractivity contribution in [1.29, 1.82) is 0 Å². The number of hydrogen-bond acceptors (Lipinski definition) is 4. The van der Waals surface area contributed by atoms with E-state index in [1.165, 1.54) is 0 Å². The van der Waals surface area contributed by atoms with Gasteiger partial charge in [0.05, 0.1) is 0 Å². The largest absolute Gasteiger partial charge is 0.351 e. The normalized spacial score (nSPS) is 10.3. The molecule has 0 aliphatic heterocycles. The van der Waals surface area contributed by atoms with Crippen molar-refractivity contribution >= 4 is 23.5 Å². The van der Waals surface area contributed by atoms with E-state index in [0.29, 0.717) is 29.8 Å². The van der Waals surface area contributed by atoms with Gasteiger partial charge < -0.3 is 10.6 Å². The van der Waals surface area contributed by atoms with E-state index in [1.54, 1.807) is 6.07 Å². The van der Waals surface area contributed by atoms with Crippen LogP contribution in [0, 0.1) is 6.92 Å². The highest BCUT2D eigenvalue weighted by Crippen LogP contribution is 2.11. The van der Waals surface area contributed by atoms with Crippen LogP contribution < -0.4 is 10.6 Å². The Morgan fingerprint density at radius 2 is 1.95 bits per heavy atom. The zero-order valence-corrected chi connectivity index (χ0v) is 13.4. The van der Waals surface area contributed by atoms with E-state index in [1.807, 2.05) is 38.1 Å². The summed E-state index contributed by atoms with van der Waals surface area (Å²) in [5.74, 6) is 0.262. The molecule has 1 aromatic heterocycles. The van der Waals surface area contributed by atoms with E-state index < -0.39 is 0 Å². The number of rotatable bonds is 6. The molecule has 22 heavy (non-hydrogen) atoms. The van der Waals surface area contributed by atoms with Crippen LogP contribution >= 0.6 is 11.6 Å². The molecule has 0 spiro atoms. The molecule has 0 atom stereocenters. The molecule has 5 nitrogen and oxygen atoms in total. The lowest BCUT2D eigenvalue weighted by molar-refractivity contribution is 0.0948. The number of anilines is 1. The average Bonchev–Trinajstić information content (AvgIpc) is 2.51. The van der Waals surface area contributed by atoms with Gasteiger partial charge in [0.2, 0.25) is 5.95 Å². The van der Waals surface area contributed by atoms with Crippen molar-refractivity contribution in [3.05, 3.63) is 52.3 Å². The van der Waals surface area contributed by atoms with Crippen LogP contribution in [-0.2, 0) is 6.54 Å². The Bertz CT molecular complexity index is 643. The highest BCUT2D eigenvalue weighted by atomic mass is 35.5. The third-order valence-electron chi connectivity index (χ3n) is 2.99. The Kier molecular flexibility index (Phi) is 5.72. The molecule has 0 radical (unpaired) electrons. The van der Waals surface area contributed by atoms with E-state index in [0.717, 1.165) is 17.7 Å². The number of halogens is 1. The van der Waals surface area contributed by atoms with Crippen LogP contribution in [0.25, 0.3) is 0 Å². The number of hydrogen-bond donors (Lipinski definition) is 2. The lowest BCUT2D eigenvalue weighted by atomic mass is 10.2. The molecule has 2 N–H and O–H groups in total. The Balaban J connectivity index is 2.06. The molecular weight excluding hydrogens is 300 g/mol. The maximum atomic E-state index is 12.0. The molecule has 0 unspecified atom stereocenters. The number of aromatic nitrogens is 2. The maximum absolute atomic E-state index is 12.0. The molecule has 0 bridgehead atoms. The highest BCUT2D eigenvalue weighted by Gasteiger charge is 2.09. The van der Waals surface area contributed by atoms with Crippen molar-refractivity contribution in [2.75, 3.05) is 11.9 Å². The Morgan fingerprint density at radius 3 is 2.64 bits per heavy atom. The summed E-state index contributed by atoms with van der Waals surface area (Å²) in [6.45, 7) is 5.04. The predicted molar refractivity (Wildman–Crippen MR) is 88.2 cm³/mol. The number of benzene rings is 1. The first-order chi connectivity index (χ1) is 10.6. The monoisotopic (exact) mass is 318 g/mol. The third kappa shape index (κ3) is 4.70. The molecular formula is C16H19ClN4O. The minimum atomic E-state index is -0.179. The molecule has 2 aromatic rings. The lowest BCUT2D eigenvalue weighted by Gasteiger charge is -2.08. The van der Waals surface area contributed by atoms with Gasteiger partial charge in [-0.1, -0.05) is 30.7 Å². The molecule has 0 aliphatic carbocycles. The second-order valence-corrected chi connectivity index (χ2v) is 5.39. The van der Waals surface area contributed by atoms with Crippen LogP contribution in [0.4, 0.5) is 5.95 Å². The lowest BCUT2D eigenvalue weighted by Crippen LogP contribution is -2.25. The zero-order valence-electron chi connectivity index (χ0n) is 12.7. The van der Waals surface area contributed by atoms with E-state index in [9.17, 15) is 4.79 Å². The van der Waals surface area contributed by atoms with Crippen molar-refractivity contribution in [2.24, 2.45) is 0 Å². The Labute approximate surface area is 135 Å². The summed E-state index contributed by atoms with van der Waals surface area (Å²) < 4.78 is 0. The number of aryl methyl sites for hydroxylation is 1. The maximum Gasteiger partial charge on any atom is 0.270 e. The second-order valence-electron chi connectivity index (χ2n) is 4.95. The van der Waals surface area contributed by atoms with Crippen molar-refractivity contribution in [1.82, 2.24) is 15.3 Å². The molecule has 1 aromatic carbocycles. The molecule has 2 rings (SSSR count). The van der Waals surface area contributed by atoms with Gasteiger partial charge in [0.1, 0.15) is 5.69 Å². The van der Waals surface area contributed by atoms with E-state index >= 15 is 0 Å². The fourth-order valence-electron chi connectivity index (χ4n) is 1.88. The van der Waals surface area contributed by atoms with Gasteiger partial charge in [-0.15, -0.1) is 0 Å². The Morgan fingerprint density at radius 1 is 1.23 bits per heavy atom. The summed E-state index contributed by atoms with van der Waals surface area (Å²) >= 11 is 5.86. The Hall–Kier alpha value is -2.14. The van der Waals surface area contributed by atoms with Crippen molar-refractivity contribution in [2.45, 2.75) is 26.8 Å². The molecule has 0 fully saturated rings. The third-order valence-corrected chi connectivity index (χ3v) is 3.24. The number of nitrogens with zero attached hydrogens (tertiary/aromatic N) is 2. The van der Waals surface area contributed by atoms with Gasteiger partial charge in [0.25, 0.3) is 5.91 Å². The first kappa shape index (κ1) is 16.2. The summed E-state index contributed by atoms with van der Waals surface area (Å²) in [5.41, 5.74) is 2.18. The van der Waals surface area contributed by atoms with Gasteiger partial charge >= 0.3 is 0 Å². The van der Waals surface area contributed by atoms with E-state index in [4.69, 9.17) is 11.6 Å². The number of carbonyl (C=O) groups is 1. The fraction of sp³-hybridized carbons (Fsp3) is 0.312. The minimum Gasteiger partial charge on any atom is -0.351 e.